The van der Waals surface area contributed by atoms with Gasteiger partial charge in [0.2, 0.25) is 0 Å². The second kappa shape index (κ2) is 8.20. The van der Waals surface area contributed by atoms with Crippen molar-refractivity contribution in [2.24, 2.45) is 5.41 Å². The van der Waals surface area contributed by atoms with E-state index in [4.69, 9.17) is 11.6 Å². The van der Waals surface area contributed by atoms with Crippen LogP contribution in [-0.4, -0.2) is 46.9 Å². The zero-order valence-electron chi connectivity index (χ0n) is 17.0. The van der Waals surface area contributed by atoms with Crippen molar-refractivity contribution in [2.75, 3.05) is 26.2 Å². The Kier molecular flexibility index (Phi) is 5.65. The van der Waals surface area contributed by atoms with Crippen LogP contribution in [0.2, 0.25) is 5.02 Å². The average molecular weight is 414 g/mol. The SMILES string of the molecule is CC1(C)Cc2c(cnn2-c2ccccc2Cl)CN(C(=O)NCC2=CCNCC2)C1. The van der Waals surface area contributed by atoms with Gasteiger partial charge < -0.3 is 15.5 Å². The van der Waals surface area contributed by atoms with Crippen molar-refractivity contribution < 1.29 is 4.79 Å². The first kappa shape index (κ1) is 20.0. The van der Waals surface area contributed by atoms with Crippen molar-refractivity contribution in [3.63, 3.8) is 0 Å². The Labute approximate surface area is 176 Å². The largest absolute Gasteiger partial charge is 0.334 e. The molecule has 7 heteroatoms. The molecule has 29 heavy (non-hydrogen) atoms. The van der Waals surface area contributed by atoms with Crippen LogP contribution in [0.1, 0.15) is 31.5 Å². The van der Waals surface area contributed by atoms with Crippen molar-refractivity contribution in [1.82, 2.24) is 25.3 Å². The number of amides is 2. The van der Waals surface area contributed by atoms with Crippen molar-refractivity contribution >= 4 is 17.6 Å². The van der Waals surface area contributed by atoms with Crippen LogP contribution in [0.25, 0.3) is 5.69 Å². The van der Waals surface area contributed by atoms with Gasteiger partial charge in [0.05, 0.1) is 23.5 Å². The summed E-state index contributed by atoms with van der Waals surface area (Å²) in [4.78, 5) is 14.9. The highest BCUT2D eigenvalue weighted by molar-refractivity contribution is 6.32. The molecule has 0 aliphatic carbocycles. The highest BCUT2D eigenvalue weighted by atomic mass is 35.5. The molecule has 2 aliphatic heterocycles. The van der Waals surface area contributed by atoms with Gasteiger partial charge in [0.25, 0.3) is 0 Å². The number of nitrogens with one attached hydrogen (secondary N) is 2. The molecule has 0 bridgehead atoms. The third-order valence-corrected chi connectivity index (χ3v) is 5.89. The number of carbonyl (C=O) groups excluding carboxylic acids is 1. The van der Waals surface area contributed by atoms with Crippen LogP contribution in [-0.2, 0) is 13.0 Å². The summed E-state index contributed by atoms with van der Waals surface area (Å²) in [6.45, 7) is 8.11. The molecule has 4 rings (SSSR count). The molecule has 2 aliphatic rings. The number of fused-ring (bicyclic) bond motifs is 1. The molecular weight excluding hydrogens is 386 g/mol. The van der Waals surface area contributed by atoms with Gasteiger partial charge in [0, 0.05) is 30.9 Å². The first-order valence-electron chi connectivity index (χ1n) is 10.1. The number of nitrogens with zero attached hydrogens (tertiary/aromatic N) is 3. The summed E-state index contributed by atoms with van der Waals surface area (Å²) >= 11 is 6.42. The van der Waals surface area contributed by atoms with E-state index >= 15 is 0 Å². The standard InChI is InChI=1S/C22H28ClN5O/c1-22(2)11-20-17(13-26-28(20)19-6-4-3-5-18(19)23)14-27(15-22)21(29)25-12-16-7-9-24-10-8-16/h3-7,13,24H,8-12,14-15H2,1-2H3,(H,25,29). The van der Waals surface area contributed by atoms with E-state index in [9.17, 15) is 4.79 Å². The van der Waals surface area contributed by atoms with E-state index in [-0.39, 0.29) is 11.4 Å². The lowest BCUT2D eigenvalue weighted by Crippen LogP contribution is -2.44. The van der Waals surface area contributed by atoms with Crippen molar-refractivity contribution in [2.45, 2.75) is 33.2 Å². The van der Waals surface area contributed by atoms with E-state index in [1.165, 1.54) is 5.57 Å². The van der Waals surface area contributed by atoms with Gasteiger partial charge in [0.15, 0.2) is 0 Å². The summed E-state index contributed by atoms with van der Waals surface area (Å²) in [6.07, 6.45) is 5.85. The van der Waals surface area contributed by atoms with Gasteiger partial charge in [-0.25, -0.2) is 9.48 Å². The predicted molar refractivity (Wildman–Crippen MR) is 115 cm³/mol. The van der Waals surface area contributed by atoms with E-state index in [1.54, 1.807) is 0 Å². The molecule has 2 amide bonds. The van der Waals surface area contributed by atoms with Crippen LogP contribution < -0.4 is 10.6 Å². The Morgan fingerprint density at radius 1 is 1.34 bits per heavy atom. The van der Waals surface area contributed by atoms with Gasteiger partial charge in [-0.2, -0.15) is 5.10 Å². The third-order valence-electron chi connectivity index (χ3n) is 5.57. The fourth-order valence-electron chi connectivity index (χ4n) is 4.12. The van der Waals surface area contributed by atoms with Crippen molar-refractivity contribution in [1.29, 1.82) is 0 Å². The minimum atomic E-state index is -0.0738. The molecule has 2 aromatic rings. The van der Waals surface area contributed by atoms with E-state index in [0.717, 1.165) is 42.9 Å². The number of para-hydroxylation sites is 1. The molecule has 0 saturated carbocycles. The fraction of sp³-hybridized carbons (Fsp3) is 0.455. The van der Waals surface area contributed by atoms with Crippen LogP contribution in [0.5, 0.6) is 0 Å². The Bertz CT molecular complexity index is 933. The maximum Gasteiger partial charge on any atom is 0.317 e. The molecular formula is C22H28ClN5O. The summed E-state index contributed by atoms with van der Waals surface area (Å²) in [5, 5.41) is 11.7. The maximum atomic E-state index is 12.9. The Balaban J connectivity index is 1.55. The average Bonchev–Trinajstić information content (AvgIpc) is 3.01. The van der Waals surface area contributed by atoms with E-state index in [0.29, 0.717) is 24.7 Å². The molecule has 0 atom stereocenters. The van der Waals surface area contributed by atoms with Crippen LogP contribution in [0, 0.1) is 5.41 Å². The number of urea groups is 1. The Hall–Kier alpha value is -2.31. The molecule has 6 nitrogen and oxygen atoms in total. The number of hydrogen-bond acceptors (Lipinski definition) is 3. The summed E-state index contributed by atoms with van der Waals surface area (Å²) in [6, 6.07) is 7.72. The molecule has 1 aromatic carbocycles. The second-order valence-electron chi connectivity index (χ2n) is 8.65. The molecule has 0 fully saturated rings. The highest BCUT2D eigenvalue weighted by Crippen LogP contribution is 2.32. The predicted octanol–water partition coefficient (Wildman–Crippen LogP) is 3.54. The van der Waals surface area contributed by atoms with E-state index in [2.05, 4.69) is 35.7 Å². The fourth-order valence-corrected chi connectivity index (χ4v) is 4.34. The number of halogens is 1. The lowest BCUT2D eigenvalue weighted by Gasteiger charge is -2.30. The van der Waals surface area contributed by atoms with Gasteiger partial charge in [0.1, 0.15) is 0 Å². The molecule has 0 spiro atoms. The maximum absolute atomic E-state index is 12.9. The molecule has 3 heterocycles. The Morgan fingerprint density at radius 3 is 2.93 bits per heavy atom. The van der Waals surface area contributed by atoms with Crippen molar-refractivity contribution in [3.8, 4) is 5.69 Å². The first-order valence-corrected chi connectivity index (χ1v) is 10.5. The second-order valence-corrected chi connectivity index (χ2v) is 9.06. The zero-order valence-corrected chi connectivity index (χ0v) is 17.8. The lowest BCUT2D eigenvalue weighted by molar-refractivity contribution is 0.168. The summed E-state index contributed by atoms with van der Waals surface area (Å²) in [5.41, 5.74) is 4.29. The van der Waals surface area contributed by atoms with Gasteiger partial charge in [-0.05, 0) is 36.9 Å². The van der Waals surface area contributed by atoms with Gasteiger partial charge in [-0.15, -0.1) is 0 Å². The topological polar surface area (TPSA) is 62.2 Å². The first-order chi connectivity index (χ1) is 13.9. The number of rotatable bonds is 3. The van der Waals surface area contributed by atoms with Crippen LogP contribution in [0.15, 0.2) is 42.1 Å². The summed E-state index contributed by atoms with van der Waals surface area (Å²) in [5.74, 6) is 0. The summed E-state index contributed by atoms with van der Waals surface area (Å²) in [7, 11) is 0. The van der Waals surface area contributed by atoms with Gasteiger partial charge in [-0.1, -0.05) is 49.2 Å². The molecule has 2 N–H and O–H groups in total. The van der Waals surface area contributed by atoms with Crippen LogP contribution in [0.3, 0.4) is 0 Å². The molecule has 154 valence electrons. The van der Waals surface area contributed by atoms with E-state index < -0.39 is 0 Å². The Morgan fingerprint density at radius 2 is 2.17 bits per heavy atom. The molecule has 1 aromatic heterocycles. The monoisotopic (exact) mass is 413 g/mol. The van der Waals surface area contributed by atoms with E-state index in [1.807, 2.05) is 40.0 Å². The number of aromatic nitrogens is 2. The molecule has 0 radical (unpaired) electrons. The van der Waals surface area contributed by atoms with Gasteiger partial charge in [-0.3, -0.25) is 0 Å². The van der Waals surface area contributed by atoms with Crippen LogP contribution in [0.4, 0.5) is 4.79 Å². The molecule has 0 saturated heterocycles. The molecule has 0 unspecified atom stereocenters. The lowest BCUT2D eigenvalue weighted by atomic mass is 9.87. The smallest absolute Gasteiger partial charge is 0.317 e. The highest BCUT2D eigenvalue weighted by Gasteiger charge is 2.33. The van der Waals surface area contributed by atoms with Crippen LogP contribution >= 0.6 is 11.6 Å². The van der Waals surface area contributed by atoms with Gasteiger partial charge >= 0.3 is 6.03 Å². The third kappa shape index (κ3) is 4.49. The quantitative estimate of drug-likeness (QED) is 0.756. The minimum Gasteiger partial charge on any atom is -0.334 e. The normalized spacial score (nSPS) is 18.6. The minimum absolute atomic E-state index is 0.0177. The number of hydrogen-bond donors (Lipinski definition) is 2. The number of benzene rings is 1. The zero-order chi connectivity index (χ0) is 20.4. The summed E-state index contributed by atoms with van der Waals surface area (Å²) < 4.78 is 1.93. The van der Waals surface area contributed by atoms with Crippen molar-refractivity contribution in [3.05, 3.63) is 58.4 Å². The number of carbonyl (C=O) groups is 1.